The molecule has 0 amide bonds. The van der Waals surface area contributed by atoms with Gasteiger partial charge in [-0.1, -0.05) is 36.4 Å². The molecule has 3 N–H and O–H groups in total. The molecular formula is C12H11NO2. The summed E-state index contributed by atoms with van der Waals surface area (Å²) in [4.78, 5) is 10.7. The van der Waals surface area contributed by atoms with Gasteiger partial charge in [0.25, 0.3) is 0 Å². The first kappa shape index (κ1) is 9.68. The molecule has 0 aliphatic heterocycles. The molecule has 1 atom stereocenters. The molecule has 76 valence electrons. The summed E-state index contributed by atoms with van der Waals surface area (Å²) in [6, 6.07) is 12.3. The summed E-state index contributed by atoms with van der Waals surface area (Å²) in [5.74, 6) is -1.01. The standard InChI is InChI=1S/C12H11NO2/c13-11(12(14)15)10-6-5-8-3-1-2-4-9(8)7-10/h1-7,11H,13H2,(H,14,15). The van der Waals surface area contributed by atoms with E-state index >= 15 is 0 Å². The van der Waals surface area contributed by atoms with Crippen LogP contribution in [0.4, 0.5) is 0 Å². The molecule has 2 aromatic rings. The van der Waals surface area contributed by atoms with Gasteiger partial charge in [0.05, 0.1) is 0 Å². The molecule has 0 aliphatic rings. The smallest absolute Gasteiger partial charge is 0.325 e. The SMILES string of the molecule is NC(C(=O)O)c1ccc2ccccc2c1. The number of benzene rings is 2. The second-order valence-corrected chi connectivity index (χ2v) is 3.42. The third-order valence-electron chi connectivity index (χ3n) is 2.40. The van der Waals surface area contributed by atoms with Crippen molar-refractivity contribution < 1.29 is 9.90 Å². The van der Waals surface area contributed by atoms with E-state index in [1.54, 1.807) is 6.07 Å². The van der Waals surface area contributed by atoms with Crippen LogP contribution in [-0.2, 0) is 4.79 Å². The lowest BCUT2D eigenvalue weighted by Crippen LogP contribution is -2.20. The van der Waals surface area contributed by atoms with Crippen molar-refractivity contribution in [2.45, 2.75) is 6.04 Å². The first-order valence-corrected chi connectivity index (χ1v) is 4.65. The minimum atomic E-state index is -1.01. The second-order valence-electron chi connectivity index (χ2n) is 3.42. The molecule has 3 nitrogen and oxygen atoms in total. The Bertz CT molecular complexity index is 508. The zero-order valence-electron chi connectivity index (χ0n) is 8.05. The number of rotatable bonds is 2. The molecule has 0 aliphatic carbocycles. The summed E-state index contributed by atoms with van der Waals surface area (Å²) in [6.45, 7) is 0. The fraction of sp³-hybridized carbons (Fsp3) is 0.0833. The molecule has 3 heteroatoms. The lowest BCUT2D eigenvalue weighted by Gasteiger charge is -2.07. The van der Waals surface area contributed by atoms with Crippen molar-refractivity contribution in [1.29, 1.82) is 0 Å². The van der Waals surface area contributed by atoms with Gasteiger partial charge in [0.15, 0.2) is 0 Å². The van der Waals surface area contributed by atoms with Crippen LogP contribution in [0.3, 0.4) is 0 Å². The van der Waals surface area contributed by atoms with Crippen LogP contribution >= 0.6 is 0 Å². The number of nitrogens with two attached hydrogens (primary N) is 1. The highest BCUT2D eigenvalue weighted by atomic mass is 16.4. The average molecular weight is 201 g/mol. The number of carboxylic acid groups (broad SMARTS) is 1. The molecule has 0 heterocycles. The van der Waals surface area contributed by atoms with Crippen molar-refractivity contribution in [3.05, 3.63) is 48.0 Å². The Morgan fingerprint density at radius 3 is 2.47 bits per heavy atom. The van der Waals surface area contributed by atoms with E-state index in [2.05, 4.69) is 0 Å². The van der Waals surface area contributed by atoms with Gasteiger partial charge in [0, 0.05) is 0 Å². The number of fused-ring (bicyclic) bond motifs is 1. The first-order chi connectivity index (χ1) is 7.18. The van der Waals surface area contributed by atoms with E-state index < -0.39 is 12.0 Å². The first-order valence-electron chi connectivity index (χ1n) is 4.65. The summed E-state index contributed by atoms with van der Waals surface area (Å²) in [7, 11) is 0. The zero-order chi connectivity index (χ0) is 10.8. The summed E-state index contributed by atoms with van der Waals surface area (Å²) >= 11 is 0. The maximum Gasteiger partial charge on any atom is 0.325 e. The molecule has 2 rings (SSSR count). The largest absolute Gasteiger partial charge is 0.480 e. The minimum absolute atomic E-state index is 0.626. The number of carboxylic acids is 1. The van der Waals surface area contributed by atoms with Crippen LogP contribution in [0.5, 0.6) is 0 Å². The Labute approximate surface area is 87.1 Å². The van der Waals surface area contributed by atoms with Gasteiger partial charge in [-0.3, -0.25) is 4.79 Å². The van der Waals surface area contributed by atoms with Gasteiger partial charge in [0.1, 0.15) is 6.04 Å². The van der Waals surface area contributed by atoms with E-state index in [9.17, 15) is 4.79 Å². The second kappa shape index (κ2) is 3.71. The van der Waals surface area contributed by atoms with Crippen molar-refractivity contribution in [3.63, 3.8) is 0 Å². The number of hydrogen-bond acceptors (Lipinski definition) is 2. The fourth-order valence-corrected chi connectivity index (χ4v) is 1.54. The van der Waals surface area contributed by atoms with Crippen molar-refractivity contribution in [1.82, 2.24) is 0 Å². The van der Waals surface area contributed by atoms with Gasteiger partial charge >= 0.3 is 5.97 Å². The van der Waals surface area contributed by atoms with E-state index in [1.165, 1.54) is 0 Å². The van der Waals surface area contributed by atoms with Gasteiger partial charge in [-0.15, -0.1) is 0 Å². The Hall–Kier alpha value is -1.87. The molecule has 0 bridgehead atoms. The van der Waals surface area contributed by atoms with Crippen molar-refractivity contribution >= 4 is 16.7 Å². The van der Waals surface area contributed by atoms with Crippen molar-refractivity contribution in [2.75, 3.05) is 0 Å². The summed E-state index contributed by atoms with van der Waals surface area (Å²) in [5, 5.41) is 10.9. The number of carbonyl (C=O) groups is 1. The van der Waals surface area contributed by atoms with Gasteiger partial charge in [-0.25, -0.2) is 0 Å². The molecule has 15 heavy (non-hydrogen) atoms. The van der Waals surface area contributed by atoms with E-state index in [1.807, 2.05) is 36.4 Å². The Morgan fingerprint density at radius 2 is 1.80 bits per heavy atom. The van der Waals surface area contributed by atoms with Gasteiger partial charge in [-0.05, 0) is 22.4 Å². The molecule has 0 saturated carbocycles. The van der Waals surface area contributed by atoms with Crippen LogP contribution in [0.25, 0.3) is 10.8 Å². The molecule has 0 saturated heterocycles. The lowest BCUT2D eigenvalue weighted by atomic mass is 10.0. The van der Waals surface area contributed by atoms with Crippen molar-refractivity contribution in [3.8, 4) is 0 Å². The highest BCUT2D eigenvalue weighted by Crippen LogP contribution is 2.19. The molecule has 0 fully saturated rings. The minimum Gasteiger partial charge on any atom is -0.480 e. The maximum absolute atomic E-state index is 10.7. The fourth-order valence-electron chi connectivity index (χ4n) is 1.54. The molecule has 0 spiro atoms. The maximum atomic E-state index is 10.7. The van der Waals surface area contributed by atoms with Crippen LogP contribution in [0.1, 0.15) is 11.6 Å². The molecular weight excluding hydrogens is 190 g/mol. The highest BCUT2D eigenvalue weighted by Gasteiger charge is 2.13. The third kappa shape index (κ3) is 1.82. The number of aliphatic carboxylic acids is 1. The topological polar surface area (TPSA) is 63.3 Å². The van der Waals surface area contributed by atoms with Crippen LogP contribution in [-0.4, -0.2) is 11.1 Å². The Morgan fingerprint density at radius 1 is 1.13 bits per heavy atom. The third-order valence-corrected chi connectivity index (χ3v) is 2.40. The lowest BCUT2D eigenvalue weighted by molar-refractivity contribution is -0.138. The average Bonchev–Trinajstić information content (AvgIpc) is 2.27. The predicted molar refractivity (Wildman–Crippen MR) is 58.5 cm³/mol. The van der Waals surface area contributed by atoms with E-state index in [0.29, 0.717) is 5.56 Å². The Kier molecular flexibility index (Phi) is 2.39. The normalized spacial score (nSPS) is 12.6. The molecule has 1 unspecified atom stereocenters. The van der Waals surface area contributed by atoms with Crippen LogP contribution < -0.4 is 5.73 Å². The van der Waals surface area contributed by atoms with E-state index in [0.717, 1.165) is 10.8 Å². The van der Waals surface area contributed by atoms with Gasteiger partial charge in [-0.2, -0.15) is 0 Å². The van der Waals surface area contributed by atoms with Crippen LogP contribution in [0.2, 0.25) is 0 Å². The molecule has 2 aromatic carbocycles. The highest BCUT2D eigenvalue weighted by molar-refractivity contribution is 5.85. The van der Waals surface area contributed by atoms with Crippen LogP contribution in [0.15, 0.2) is 42.5 Å². The van der Waals surface area contributed by atoms with E-state index in [4.69, 9.17) is 10.8 Å². The van der Waals surface area contributed by atoms with Crippen LogP contribution in [0, 0.1) is 0 Å². The quantitative estimate of drug-likeness (QED) is 0.780. The van der Waals surface area contributed by atoms with E-state index in [-0.39, 0.29) is 0 Å². The van der Waals surface area contributed by atoms with Gasteiger partial charge < -0.3 is 10.8 Å². The Balaban J connectivity index is 2.51. The summed E-state index contributed by atoms with van der Waals surface area (Å²) < 4.78 is 0. The molecule has 0 radical (unpaired) electrons. The summed E-state index contributed by atoms with van der Waals surface area (Å²) in [6.07, 6.45) is 0. The monoisotopic (exact) mass is 201 g/mol. The van der Waals surface area contributed by atoms with Gasteiger partial charge in [0.2, 0.25) is 0 Å². The number of hydrogen-bond donors (Lipinski definition) is 2. The predicted octanol–water partition coefficient (Wildman–Crippen LogP) is 1.92. The summed E-state index contributed by atoms with van der Waals surface area (Å²) in [5.41, 5.74) is 6.16. The molecule has 0 aromatic heterocycles. The van der Waals surface area contributed by atoms with Crippen molar-refractivity contribution in [2.24, 2.45) is 5.73 Å². The zero-order valence-corrected chi connectivity index (χ0v) is 8.05.